The third-order valence-corrected chi connectivity index (χ3v) is 6.99. The fraction of sp³-hybridized carbons (Fsp3) is 0.385. The van der Waals surface area contributed by atoms with E-state index in [1.54, 1.807) is 11.8 Å². The van der Waals surface area contributed by atoms with Crippen LogP contribution in [0, 0.1) is 11.8 Å². The SMILES string of the molecule is CSc1c(-c2ccccc2)c(-c2ccccc2)nn1CC1CCC(COCC(=O)O)CC1. The summed E-state index contributed by atoms with van der Waals surface area (Å²) in [7, 11) is 0. The van der Waals surface area contributed by atoms with Crippen molar-refractivity contribution < 1.29 is 14.6 Å². The molecule has 0 bridgehead atoms. The normalized spacial score (nSPS) is 18.5. The van der Waals surface area contributed by atoms with Crippen LogP contribution in [0.3, 0.4) is 0 Å². The van der Waals surface area contributed by atoms with E-state index >= 15 is 0 Å². The van der Waals surface area contributed by atoms with Gasteiger partial charge in [0.05, 0.1) is 6.61 Å². The zero-order chi connectivity index (χ0) is 22.3. The lowest BCUT2D eigenvalue weighted by atomic mass is 9.82. The Hall–Kier alpha value is -2.57. The second-order valence-electron chi connectivity index (χ2n) is 8.44. The van der Waals surface area contributed by atoms with Gasteiger partial charge in [0, 0.05) is 17.7 Å². The number of nitrogens with zero attached hydrogens (tertiary/aromatic N) is 2. The van der Waals surface area contributed by atoms with E-state index in [-0.39, 0.29) is 6.61 Å². The number of aromatic nitrogens is 2. The molecule has 0 aliphatic heterocycles. The molecule has 0 saturated heterocycles. The van der Waals surface area contributed by atoms with Gasteiger partial charge in [-0.2, -0.15) is 5.10 Å². The standard InChI is InChI=1S/C26H30N2O3S/c1-32-26-24(21-8-4-2-5-9-21)25(22-10-6-3-7-11-22)27-28(26)16-19-12-14-20(15-13-19)17-31-18-23(29)30/h2-11,19-20H,12-18H2,1H3,(H,29,30). The number of carboxylic acids is 1. The van der Waals surface area contributed by atoms with E-state index in [1.165, 1.54) is 16.2 Å². The predicted octanol–water partition coefficient (Wildman–Crippen LogP) is 5.85. The molecule has 1 aliphatic rings. The lowest BCUT2D eigenvalue weighted by Crippen LogP contribution is -2.23. The largest absolute Gasteiger partial charge is 0.480 e. The molecule has 0 atom stereocenters. The van der Waals surface area contributed by atoms with E-state index in [4.69, 9.17) is 14.9 Å². The molecule has 1 N–H and O–H groups in total. The van der Waals surface area contributed by atoms with Gasteiger partial charge < -0.3 is 9.84 Å². The van der Waals surface area contributed by atoms with Crippen molar-refractivity contribution in [2.75, 3.05) is 19.5 Å². The van der Waals surface area contributed by atoms with E-state index < -0.39 is 5.97 Å². The van der Waals surface area contributed by atoms with Crippen molar-refractivity contribution in [3.05, 3.63) is 60.7 Å². The molecule has 1 heterocycles. The Bertz CT molecular complexity index is 1010. The highest BCUT2D eigenvalue weighted by Gasteiger charge is 2.25. The lowest BCUT2D eigenvalue weighted by Gasteiger charge is -2.28. The van der Waals surface area contributed by atoms with Crippen LogP contribution in [-0.4, -0.2) is 40.3 Å². The summed E-state index contributed by atoms with van der Waals surface area (Å²) in [6.07, 6.45) is 6.53. The molecule has 1 aromatic heterocycles. The van der Waals surface area contributed by atoms with Crippen LogP contribution in [-0.2, 0) is 16.1 Å². The predicted molar refractivity (Wildman–Crippen MR) is 129 cm³/mol. The molecule has 0 amide bonds. The molecule has 0 radical (unpaired) electrons. The first-order chi connectivity index (χ1) is 15.7. The summed E-state index contributed by atoms with van der Waals surface area (Å²) in [5, 5.41) is 15.1. The van der Waals surface area contributed by atoms with Crippen molar-refractivity contribution in [2.45, 2.75) is 37.3 Å². The second-order valence-corrected chi connectivity index (χ2v) is 9.24. The van der Waals surface area contributed by atoms with Gasteiger partial charge in [-0.3, -0.25) is 4.68 Å². The molecule has 4 rings (SSSR count). The van der Waals surface area contributed by atoms with Crippen molar-refractivity contribution in [3.63, 3.8) is 0 Å². The molecular formula is C26H30N2O3S. The Labute approximate surface area is 193 Å². The van der Waals surface area contributed by atoms with Gasteiger partial charge in [-0.1, -0.05) is 60.7 Å². The highest BCUT2D eigenvalue weighted by atomic mass is 32.2. The van der Waals surface area contributed by atoms with Gasteiger partial charge in [-0.15, -0.1) is 11.8 Å². The Morgan fingerprint density at radius 2 is 1.59 bits per heavy atom. The molecule has 5 nitrogen and oxygen atoms in total. The van der Waals surface area contributed by atoms with E-state index in [2.05, 4.69) is 59.5 Å². The molecule has 168 valence electrons. The number of thioether (sulfide) groups is 1. The van der Waals surface area contributed by atoms with Gasteiger partial charge in [0.15, 0.2) is 0 Å². The topological polar surface area (TPSA) is 64.4 Å². The Balaban J connectivity index is 1.54. The molecule has 32 heavy (non-hydrogen) atoms. The molecule has 1 fully saturated rings. The summed E-state index contributed by atoms with van der Waals surface area (Å²) in [5.41, 5.74) is 4.58. The van der Waals surface area contributed by atoms with Crippen LogP contribution in [0.5, 0.6) is 0 Å². The van der Waals surface area contributed by atoms with Gasteiger partial charge in [0.25, 0.3) is 0 Å². The number of benzene rings is 2. The second kappa shape index (κ2) is 10.8. The molecule has 2 aromatic carbocycles. The zero-order valence-electron chi connectivity index (χ0n) is 18.4. The maximum absolute atomic E-state index is 10.7. The van der Waals surface area contributed by atoms with Gasteiger partial charge >= 0.3 is 5.97 Å². The van der Waals surface area contributed by atoms with Crippen molar-refractivity contribution in [1.82, 2.24) is 9.78 Å². The fourth-order valence-electron chi connectivity index (χ4n) is 4.58. The molecule has 1 saturated carbocycles. The van der Waals surface area contributed by atoms with Gasteiger partial charge in [0.2, 0.25) is 0 Å². The number of hydrogen-bond acceptors (Lipinski definition) is 4. The molecule has 0 spiro atoms. The third-order valence-electron chi connectivity index (χ3n) is 6.19. The van der Waals surface area contributed by atoms with Crippen LogP contribution in [0.4, 0.5) is 0 Å². The first kappa shape index (κ1) is 22.6. The molecule has 0 unspecified atom stereocenters. The Morgan fingerprint density at radius 1 is 1.00 bits per heavy atom. The van der Waals surface area contributed by atoms with Crippen molar-refractivity contribution >= 4 is 17.7 Å². The minimum Gasteiger partial charge on any atom is -0.480 e. The number of aliphatic carboxylic acids is 1. The minimum atomic E-state index is -0.898. The van der Waals surface area contributed by atoms with E-state index in [0.717, 1.165) is 43.5 Å². The van der Waals surface area contributed by atoms with Gasteiger partial charge in [-0.05, 0) is 49.3 Å². The zero-order valence-corrected chi connectivity index (χ0v) is 19.3. The minimum absolute atomic E-state index is 0.200. The number of hydrogen-bond donors (Lipinski definition) is 1. The molecular weight excluding hydrogens is 420 g/mol. The monoisotopic (exact) mass is 450 g/mol. The average molecular weight is 451 g/mol. The van der Waals surface area contributed by atoms with Gasteiger partial charge in [-0.25, -0.2) is 4.79 Å². The van der Waals surface area contributed by atoms with Crippen LogP contribution in [0.1, 0.15) is 25.7 Å². The Kier molecular flexibility index (Phi) is 7.66. The summed E-state index contributed by atoms with van der Waals surface area (Å²) in [5.74, 6) is 0.136. The van der Waals surface area contributed by atoms with E-state index in [9.17, 15) is 4.79 Å². The first-order valence-electron chi connectivity index (χ1n) is 11.2. The average Bonchev–Trinajstić information content (AvgIpc) is 3.19. The third kappa shape index (κ3) is 5.43. The highest BCUT2D eigenvalue weighted by Crippen LogP contribution is 2.40. The van der Waals surface area contributed by atoms with E-state index in [1.807, 2.05) is 12.1 Å². The molecule has 3 aromatic rings. The number of rotatable bonds is 9. The van der Waals surface area contributed by atoms with Crippen LogP contribution < -0.4 is 0 Å². The lowest BCUT2D eigenvalue weighted by molar-refractivity contribution is -0.142. The summed E-state index contributed by atoms with van der Waals surface area (Å²) < 4.78 is 7.53. The first-order valence-corrected chi connectivity index (χ1v) is 12.4. The summed E-state index contributed by atoms with van der Waals surface area (Å²) >= 11 is 1.76. The quantitative estimate of drug-likeness (QED) is 0.415. The smallest absolute Gasteiger partial charge is 0.329 e. The number of carbonyl (C=O) groups is 1. The Morgan fingerprint density at radius 3 is 2.19 bits per heavy atom. The summed E-state index contributed by atoms with van der Waals surface area (Å²) in [6, 6.07) is 21.0. The maximum Gasteiger partial charge on any atom is 0.329 e. The van der Waals surface area contributed by atoms with Crippen molar-refractivity contribution in [2.24, 2.45) is 11.8 Å². The van der Waals surface area contributed by atoms with Crippen LogP contribution >= 0.6 is 11.8 Å². The van der Waals surface area contributed by atoms with Crippen molar-refractivity contribution in [1.29, 1.82) is 0 Å². The van der Waals surface area contributed by atoms with Gasteiger partial charge in [0.1, 0.15) is 17.3 Å². The van der Waals surface area contributed by atoms with Crippen molar-refractivity contribution in [3.8, 4) is 22.4 Å². The van der Waals surface area contributed by atoms with Crippen LogP contribution in [0.25, 0.3) is 22.4 Å². The molecule has 1 aliphatic carbocycles. The van der Waals surface area contributed by atoms with Crippen LogP contribution in [0.2, 0.25) is 0 Å². The summed E-state index contributed by atoms with van der Waals surface area (Å²) in [6.45, 7) is 1.26. The number of carboxylic acid groups (broad SMARTS) is 1. The number of ether oxygens (including phenoxy) is 1. The highest BCUT2D eigenvalue weighted by molar-refractivity contribution is 7.98. The fourth-order valence-corrected chi connectivity index (χ4v) is 5.32. The maximum atomic E-state index is 10.7. The van der Waals surface area contributed by atoms with Crippen LogP contribution in [0.15, 0.2) is 65.7 Å². The molecule has 6 heteroatoms. The van der Waals surface area contributed by atoms with E-state index in [0.29, 0.717) is 18.4 Å². The summed E-state index contributed by atoms with van der Waals surface area (Å²) in [4.78, 5) is 10.7.